The Bertz CT molecular complexity index is 772. The van der Waals surface area contributed by atoms with Crippen molar-refractivity contribution >= 4 is 11.7 Å². The van der Waals surface area contributed by atoms with Crippen molar-refractivity contribution in [3.05, 3.63) is 65.7 Å². The Morgan fingerprint density at radius 3 is 2.43 bits per heavy atom. The molecule has 150 valence electrons. The Morgan fingerprint density at radius 2 is 1.75 bits per heavy atom. The lowest BCUT2D eigenvalue weighted by atomic mass is 9.96. The molecule has 2 N–H and O–H groups in total. The maximum atomic E-state index is 12.7. The standard InChI is InChI=1S/C21H24F3N3O/c22-21(23,24)18-7-4-8-19(13-18)26-20(28)25-14-16-9-11-27(12-10-16)15-17-5-2-1-3-6-17/h1-8,13,16H,9-12,14-15H2,(H2,25,26,28). The van der Waals surface area contributed by atoms with Crippen molar-refractivity contribution in [3.63, 3.8) is 0 Å². The SMILES string of the molecule is O=C(NCC1CCN(Cc2ccccc2)CC1)Nc1cccc(C(F)(F)F)c1. The number of halogens is 3. The third kappa shape index (κ3) is 5.99. The molecule has 0 unspecified atom stereocenters. The summed E-state index contributed by atoms with van der Waals surface area (Å²) in [7, 11) is 0. The highest BCUT2D eigenvalue weighted by Gasteiger charge is 2.30. The first-order chi connectivity index (χ1) is 13.4. The van der Waals surface area contributed by atoms with Crippen LogP contribution in [0, 0.1) is 5.92 Å². The maximum Gasteiger partial charge on any atom is 0.416 e. The van der Waals surface area contributed by atoms with Gasteiger partial charge in [0, 0.05) is 18.8 Å². The van der Waals surface area contributed by atoms with Crippen LogP contribution >= 0.6 is 0 Å². The minimum atomic E-state index is -4.43. The van der Waals surface area contributed by atoms with Crippen LogP contribution in [-0.2, 0) is 12.7 Å². The molecular weight excluding hydrogens is 367 g/mol. The zero-order valence-corrected chi connectivity index (χ0v) is 15.5. The van der Waals surface area contributed by atoms with Crippen LogP contribution in [0.2, 0.25) is 0 Å². The summed E-state index contributed by atoms with van der Waals surface area (Å²) in [4.78, 5) is 14.4. The van der Waals surface area contributed by atoms with E-state index in [1.165, 1.54) is 17.7 Å². The van der Waals surface area contributed by atoms with Gasteiger partial charge in [-0.2, -0.15) is 13.2 Å². The molecule has 2 amide bonds. The molecule has 0 aliphatic carbocycles. The number of hydrogen-bond acceptors (Lipinski definition) is 2. The number of urea groups is 1. The molecule has 1 aliphatic heterocycles. The largest absolute Gasteiger partial charge is 0.416 e. The Hall–Kier alpha value is -2.54. The molecule has 28 heavy (non-hydrogen) atoms. The number of likely N-dealkylation sites (tertiary alicyclic amines) is 1. The molecule has 0 spiro atoms. The number of alkyl halides is 3. The summed E-state index contributed by atoms with van der Waals surface area (Å²) < 4.78 is 38.2. The van der Waals surface area contributed by atoms with Crippen molar-refractivity contribution in [1.82, 2.24) is 10.2 Å². The van der Waals surface area contributed by atoms with Gasteiger partial charge in [0.1, 0.15) is 0 Å². The number of carbonyl (C=O) groups is 1. The Kier molecular flexibility index (Phi) is 6.57. The minimum Gasteiger partial charge on any atom is -0.338 e. The molecule has 1 fully saturated rings. The van der Waals surface area contributed by atoms with Gasteiger partial charge in [0.2, 0.25) is 0 Å². The van der Waals surface area contributed by atoms with E-state index in [1.54, 1.807) is 0 Å². The first-order valence-electron chi connectivity index (χ1n) is 9.38. The summed E-state index contributed by atoms with van der Waals surface area (Å²) in [5.41, 5.74) is 0.639. The fourth-order valence-corrected chi connectivity index (χ4v) is 3.38. The van der Waals surface area contributed by atoms with Crippen LogP contribution in [0.5, 0.6) is 0 Å². The van der Waals surface area contributed by atoms with Crippen LogP contribution < -0.4 is 10.6 Å². The molecule has 3 rings (SSSR count). The summed E-state index contributed by atoms with van der Waals surface area (Å²) in [5, 5.41) is 5.25. The number of carbonyl (C=O) groups excluding carboxylic acids is 1. The fraction of sp³-hybridized carbons (Fsp3) is 0.381. The van der Waals surface area contributed by atoms with E-state index >= 15 is 0 Å². The Labute approximate surface area is 162 Å². The predicted molar refractivity (Wildman–Crippen MR) is 103 cm³/mol. The van der Waals surface area contributed by atoms with Gasteiger partial charge in [-0.05, 0) is 55.6 Å². The van der Waals surface area contributed by atoms with Crippen LogP contribution in [-0.4, -0.2) is 30.6 Å². The van der Waals surface area contributed by atoms with Gasteiger partial charge in [-0.3, -0.25) is 4.90 Å². The number of amides is 2. The summed E-state index contributed by atoms with van der Waals surface area (Å²) >= 11 is 0. The molecule has 0 saturated carbocycles. The van der Waals surface area contributed by atoms with Gasteiger partial charge in [-0.1, -0.05) is 36.4 Å². The Balaban J connectivity index is 1.40. The van der Waals surface area contributed by atoms with E-state index in [9.17, 15) is 18.0 Å². The summed E-state index contributed by atoms with van der Waals surface area (Å²) in [6.07, 6.45) is -2.46. The van der Waals surface area contributed by atoms with E-state index < -0.39 is 17.8 Å². The van der Waals surface area contributed by atoms with E-state index in [2.05, 4.69) is 27.7 Å². The smallest absolute Gasteiger partial charge is 0.338 e. The molecule has 0 aromatic heterocycles. The number of hydrogen-bond donors (Lipinski definition) is 2. The van der Waals surface area contributed by atoms with Crippen LogP contribution in [0.4, 0.5) is 23.7 Å². The minimum absolute atomic E-state index is 0.130. The monoisotopic (exact) mass is 391 g/mol. The third-order valence-corrected chi connectivity index (χ3v) is 4.96. The molecule has 2 aromatic carbocycles. The van der Waals surface area contributed by atoms with E-state index in [4.69, 9.17) is 0 Å². The molecule has 1 heterocycles. The first-order valence-corrected chi connectivity index (χ1v) is 9.38. The van der Waals surface area contributed by atoms with Gasteiger partial charge < -0.3 is 10.6 Å². The van der Waals surface area contributed by atoms with Crippen molar-refractivity contribution in [2.75, 3.05) is 25.0 Å². The van der Waals surface area contributed by atoms with Crippen LogP contribution in [0.25, 0.3) is 0 Å². The highest BCUT2D eigenvalue weighted by Crippen LogP contribution is 2.30. The summed E-state index contributed by atoms with van der Waals surface area (Å²) in [5.74, 6) is 0.374. The zero-order chi connectivity index (χ0) is 20.0. The molecule has 0 bridgehead atoms. The van der Waals surface area contributed by atoms with Crippen molar-refractivity contribution in [1.29, 1.82) is 0 Å². The number of nitrogens with zero attached hydrogens (tertiary/aromatic N) is 1. The highest BCUT2D eigenvalue weighted by atomic mass is 19.4. The van der Waals surface area contributed by atoms with Gasteiger partial charge in [-0.25, -0.2) is 4.79 Å². The number of piperidine rings is 1. The number of benzene rings is 2. The van der Waals surface area contributed by atoms with Crippen LogP contribution in [0.15, 0.2) is 54.6 Å². The van der Waals surface area contributed by atoms with Crippen molar-refractivity contribution in [2.24, 2.45) is 5.92 Å². The summed E-state index contributed by atoms with van der Waals surface area (Å²) in [6, 6.07) is 14.5. The lowest BCUT2D eigenvalue weighted by Crippen LogP contribution is -2.39. The molecule has 7 heteroatoms. The lowest BCUT2D eigenvalue weighted by molar-refractivity contribution is -0.137. The number of rotatable bonds is 5. The van der Waals surface area contributed by atoms with Crippen molar-refractivity contribution in [3.8, 4) is 0 Å². The van der Waals surface area contributed by atoms with E-state index in [-0.39, 0.29) is 5.69 Å². The molecular formula is C21H24F3N3O. The highest BCUT2D eigenvalue weighted by molar-refractivity contribution is 5.89. The molecule has 2 aromatic rings. The normalized spacial score (nSPS) is 16.0. The lowest BCUT2D eigenvalue weighted by Gasteiger charge is -2.32. The van der Waals surface area contributed by atoms with Crippen molar-refractivity contribution < 1.29 is 18.0 Å². The van der Waals surface area contributed by atoms with Crippen LogP contribution in [0.1, 0.15) is 24.0 Å². The van der Waals surface area contributed by atoms with Gasteiger partial charge >= 0.3 is 12.2 Å². The van der Waals surface area contributed by atoms with Gasteiger partial charge in [0.25, 0.3) is 0 Å². The average molecular weight is 391 g/mol. The average Bonchev–Trinajstić information content (AvgIpc) is 2.68. The second-order valence-electron chi connectivity index (χ2n) is 7.12. The van der Waals surface area contributed by atoms with Crippen molar-refractivity contribution in [2.45, 2.75) is 25.6 Å². The third-order valence-electron chi connectivity index (χ3n) is 4.96. The first kappa shape index (κ1) is 20.2. The fourth-order valence-electron chi connectivity index (χ4n) is 3.38. The maximum absolute atomic E-state index is 12.7. The predicted octanol–water partition coefficient (Wildman–Crippen LogP) is 4.74. The topological polar surface area (TPSA) is 44.4 Å². The summed E-state index contributed by atoms with van der Waals surface area (Å²) in [6.45, 7) is 3.38. The van der Waals surface area contributed by atoms with E-state index in [0.717, 1.165) is 44.6 Å². The number of anilines is 1. The van der Waals surface area contributed by atoms with E-state index in [1.807, 2.05) is 18.2 Å². The molecule has 4 nitrogen and oxygen atoms in total. The second kappa shape index (κ2) is 9.10. The molecule has 0 radical (unpaired) electrons. The van der Waals surface area contributed by atoms with Crippen LogP contribution in [0.3, 0.4) is 0 Å². The molecule has 1 aliphatic rings. The Morgan fingerprint density at radius 1 is 1.04 bits per heavy atom. The molecule has 1 saturated heterocycles. The zero-order valence-electron chi connectivity index (χ0n) is 15.5. The number of nitrogens with one attached hydrogen (secondary N) is 2. The second-order valence-corrected chi connectivity index (χ2v) is 7.12. The van der Waals surface area contributed by atoms with Gasteiger partial charge in [-0.15, -0.1) is 0 Å². The quantitative estimate of drug-likeness (QED) is 0.773. The molecule has 0 atom stereocenters. The van der Waals surface area contributed by atoms with E-state index in [0.29, 0.717) is 12.5 Å². The van der Waals surface area contributed by atoms with Gasteiger partial charge in [0.15, 0.2) is 0 Å². The van der Waals surface area contributed by atoms with Gasteiger partial charge in [0.05, 0.1) is 5.56 Å².